The monoisotopic (exact) mass is 742 g/mol. The predicted octanol–water partition coefficient (Wildman–Crippen LogP) is -13.7. The summed E-state index contributed by atoms with van der Waals surface area (Å²) in [5.74, 6) is -9.40. The summed E-state index contributed by atoms with van der Waals surface area (Å²) in [7, 11) is 0. The van der Waals surface area contributed by atoms with Crippen LogP contribution in [0.2, 0.25) is 0 Å². The fourth-order valence-corrected chi connectivity index (χ4v) is 1.43. The average molecular weight is 738 g/mol. The van der Waals surface area contributed by atoms with E-state index in [1.54, 1.807) is 0 Å². The van der Waals surface area contributed by atoms with Crippen LogP contribution in [0.25, 0.3) is 0 Å². The van der Waals surface area contributed by atoms with Crippen molar-refractivity contribution >= 4 is 108 Å². The third kappa shape index (κ3) is 32.0. The predicted molar refractivity (Wildman–Crippen MR) is 88.6 cm³/mol. The molecule has 0 aliphatic rings. The van der Waals surface area contributed by atoms with E-state index < -0.39 is 75.1 Å². The summed E-state index contributed by atoms with van der Waals surface area (Å²) in [6.45, 7) is -4.74. The normalized spacial score (nSPS) is 8.90. The Kier molecular flexibility index (Phi) is 29.1. The van der Waals surface area contributed by atoms with Crippen molar-refractivity contribution in [2.45, 2.75) is 0 Å². The molecule has 0 heterocycles. The molecule has 0 atom stereocenters. The van der Waals surface area contributed by atoms with Gasteiger partial charge in [0.2, 0.25) is 0 Å². The zero-order valence-corrected chi connectivity index (χ0v) is 27.3. The summed E-state index contributed by atoms with van der Waals surface area (Å²) in [4.78, 5) is 61.2. The van der Waals surface area contributed by atoms with Crippen molar-refractivity contribution in [2.75, 3.05) is 39.3 Å². The van der Waals surface area contributed by atoms with Crippen molar-refractivity contribution in [2.24, 2.45) is 0 Å². The van der Waals surface area contributed by atoms with E-state index >= 15 is 0 Å². The minimum absolute atomic E-state index is 0. The maximum atomic E-state index is 9.99. The Bertz CT molecular complexity index is 436. The number of carbonyl (C=O) groups excluding carboxylic acids is 6. The van der Waals surface area contributed by atoms with E-state index in [1.807, 2.05) is 0 Å². The van der Waals surface area contributed by atoms with E-state index in [9.17, 15) is 59.4 Å². The van der Waals surface area contributed by atoms with Gasteiger partial charge in [-0.15, -0.1) is 0 Å². The fourth-order valence-electron chi connectivity index (χ4n) is 1.43. The molecule has 17 heteroatoms. The molecule has 0 aromatic heterocycles. The standard InChI is InChI=1S/2C6H9NO6.3Sn.6H/c2*8-4(9)1-7(2-5(10)11)3-6(12)13;;;;;;;;;/h2*1-3H2,(H,8,9)(H,10,11)(H,12,13);;;;;;;;;/q;;3*+2;;;;;;/p-6. The van der Waals surface area contributed by atoms with Gasteiger partial charge in [0, 0.05) is 39.3 Å². The summed E-state index contributed by atoms with van der Waals surface area (Å²) < 4.78 is 0. The molecule has 0 radical (unpaired) electrons. The number of hydrogen-bond donors (Lipinski definition) is 0. The molecule has 0 N–H and O–H groups in total. The van der Waals surface area contributed by atoms with Gasteiger partial charge < -0.3 is 59.4 Å². The van der Waals surface area contributed by atoms with Crippen LogP contribution in [0.3, 0.4) is 0 Å². The van der Waals surface area contributed by atoms with Crippen molar-refractivity contribution < 1.29 is 59.4 Å². The van der Waals surface area contributed by atoms with Crippen LogP contribution in [0.1, 0.15) is 0 Å². The number of rotatable bonds is 12. The molecule has 0 fully saturated rings. The zero-order chi connectivity index (χ0) is 20.9. The second kappa shape index (κ2) is 21.8. The molecular weight excluding hydrogens is 720 g/mol. The Balaban J connectivity index is -0.000000120. The molecule has 0 aliphatic carbocycles. The first-order valence-corrected chi connectivity index (χ1v) is 6.47. The van der Waals surface area contributed by atoms with E-state index in [2.05, 4.69) is 0 Å². The van der Waals surface area contributed by atoms with Gasteiger partial charge in [0.1, 0.15) is 0 Å². The van der Waals surface area contributed by atoms with Crippen LogP contribution in [0.4, 0.5) is 0 Å². The summed E-state index contributed by atoms with van der Waals surface area (Å²) in [5.41, 5.74) is 0. The number of carboxylic acid groups (broad SMARTS) is 6. The Hall–Kier alpha value is -0.864. The van der Waals surface area contributed by atoms with E-state index in [0.29, 0.717) is 9.80 Å². The Morgan fingerprint density at radius 1 is 0.379 bits per heavy atom. The number of carbonyl (C=O) groups is 6. The molecule has 0 aliphatic heterocycles. The van der Waals surface area contributed by atoms with E-state index in [1.165, 1.54) is 0 Å². The van der Waals surface area contributed by atoms with E-state index in [4.69, 9.17) is 0 Å². The summed E-state index contributed by atoms with van der Waals surface area (Å²) in [6.07, 6.45) is 0. The van der Waals surface area contributed by atoms with Gasteiger partial charge in [-0.3, -0.25) is 9.80 Å². The second-order valence-corrected chi connectivity index (χ2v) is 4.52. The van der Waals surface area contributed by atoms with Crippen LogP contribution in [0.15, 0.2) is 0 Å². The molecule has 0 unspecified atom stereocenters. The van der Waals surface area contributed by atoms with Crippen molar-refractivity contribution in [3.05, 3.63) is 0 Å². The van der Waals surface area contributed by atoms with Gasteiger partial charge in [-0.05, 0) is 0 Å². The number of carboxylic acids is 6. The zero-order valence-electron chi connectivity index (χ0n) is 15.2. The molecular formula is C12H18N2O12Sn3. The van der Waals surface area contributed by atoms with Crippen LogP contribution in [0, 0.1) is 0 Å². The average Bonchev–Trinajstić information content (AvgIpc) is 2.33. The molecule has 0 spiro atoms. The molecule has 0 saturated heterocycles. The molecule has 29 heavy (non-hydrogen) atoms. The van der Waals surface area contributed by atoms with Crippen LogP contribution in [-0.2, 0) is 28.8 Å². The fraction of sp³-hybridized carbons (Fsp3) is 0.500. The first kappa shape index (κ1) is 38.7. The van der Waals surface area contributed by atoms with Gasteiger partial charge >= 0.3 is 71.7 Å². The van der Waals surface area contributed by atoms with Crippen LogP contribution in [-0.4, -0.2) is 157 Å². The molecule has 14 nitrogen and oxygen atoms in total. The van der Waals surface area contributed by atoms with Gasteiger partial charge in [0.15, 0.2) is 0 Å². The van der Waals surface area contributed by atoms with Crippen LogP contribution >= 0.6 is 0 Å². The molecule has 0 rings (SSSR count). The second-order valence-electron chi connectivity index (χ2n) is 4.52. The van der Waals surface area contributed by atoms with E-state index in [0.717, 1.165) is 0 Å². The number of aliphatic carboxylic acids is 6. The van der Waals surface area contributed by atoms with Crippen molar-refractivity contribution in [1.82, 2.24) is 9.80 Å². The van der Waals surface area contributed by atoms with Gasteiger partial charge in [0.05, 0.1) is 35.8 Å². The van der Waals surface area contributed by atoms with Gasteiger partial charge in [-0.1, -0.05) is 0 Å². The molecule has 0 saturated carbocycles. The Morgan fingerprint density at radius 2 is 0.483 bits per heavy atom. The first-order valence-electron chi connectivity index (χ1n) is 6.47. The third-order valence-electron chi connectivity index (χ3n) is 2.12. The molecule has 0 aromatic rings. The quantitative estimate of drug-likeness (QED) is 0.169. The van der Waals surface area contributed by atoms with Crippen molar-refractivity contribution in [3.8, 4) is 0 Å². The Labute approximate surface area is 214 Å². The number of nitrogens with zero attached hydrogens (tertiary/aromatic N) is 2. The van der Waals surface area contributed by atoms with Gasteiger partial charge in [0.25, 0.3) is 0 Å². The van der Waals surface area contributed by atoms with E-state index in [-0.39, 0.29) is 71.7 Å². The van der Waals surface area contributed by atoms with Crippen molar-refractivity contribution in [3.63, 3.8) is 0 Å². The summed E-state index contributed by atoms with van der Waals surface area (Å²) in [5, 5.41) is 60.0. The SMILES string of the molecule is O=C([O-])CN(CC(=O)[O-])CC(=O)[O-].O=C([O-])CN(CC(=O)[O-])CC(=O)[O-].[SnH2+2].[SnH2+2].[SnH2+2]. The molecule has 0 aromatic carbocycles. The topological polar surface area (TPSA) is 247 Å². The molecule has 0 bridgehead atoms. The van der Waals surface area contributed by atoms with Gasteiger partial charge in [-0.2, -0.15) is 0 Å². The summed E-state index contributed by atoms with van der Waals surface area (Å²) >= 11 is 0. The summed E-state index contributed by atoms with van der Waals surface area (Å²) in [6, 6.07) is 0. The molecule has 160 valence electrons. The molecule has 0 amide bonds. The van der Waals surface area contributed by atoms with Crippen LogP contribution < -0.4 is 30.6 Å². The van der Waals surface area contributed by atoms with Crippen LogP contribution in [0.5, 0.6) is 0 Å². The Morgan fingerprint density at radius 3 is 0.552 bits per heavy atom. The van der Waals surface area contributed by atoms with Crippen molar-refractivity contribution in [1.29, 1.82) is 0 Å². The number of hydrogen-bond acceptors (Lipinski definition) is 14. The minimum atomic E-state index is -1.57. The third-order valence-corrected chi connectivity index (χ3v) is 2.12. The first-order chi connectivity index (χ1) is 11.8. The van der Waals surface area contributed by atoms with Gasteiger partial charge in [-0.25, -0.2) is 0 Å². The maximum absolute atomic E-state index is 9.99.